The Morgan fingerprint density at radius 2 is 1.95 bits per heavy atom. The lowest BCUT2D eigenvalue weighted by atomic mass is 9.95. The van der Waals surface area contributed by atoms with Crippen molar-refractivity contribution in [1.82, 2.24) is 5.32 Å². The van der Waals surface area contributed by atoms with Crippen molar-refractivity contribution in [3.05, 3.63) is 35.9 Å². The minimum atomic E-state index is -1.06. The van der Waals surface area contributed by atoms with Crippen molar-refractivity contribution in [2.45, 2.75) is 25.1 Å². The van der Waals surface area contributed by atoms with E-state index in [0.717, 1.165) is 18.7 Å². The molecule has 0 bridgehead atoms. The SMILES string of the molecule is NCC1(F)CCNCC1.O=COCc1ccccc1. The zero-order valence-electron chi connectivity index (χ0n) is 11.0. The van der Waals surface area contributed by atoms with Gasteiger partial charge in [0.25, 0.3) is 6.47 Å². The van der Waals surface area contributed by atoms with Crippen LogP contribution in [0, 0.1) is 0 Å². The molecule has 1 heterocycles. The van der Waals surface area contributed by atoms with E-state index in [0.29, 0.717) is 25.9 Å². The van der Waals surface area contributed by atoms with Crippen LogP contribution >= 0.6 is 0 Å². The van der Waals surface area contributed by atoms with Gasteiger partial charge in [-0.1, -0.05) is 30.3 Å². The fourth-order valence-electron chi connectivity index (χ4n) is 1.78. The average molecular weight is 268 g/mol. The van der Waals surface area contributed by atoms with E-state index in [2.05, 4.69) is 10.1 Å². The highest BCUT2D eigenvalue weighted by Crippen LogP contribution is 2.20. The summed E-state index contributed by atoms with van der Waals surface area (Å²) in [5.74, 6) is 0. The van der Waals surface area contributed by atoms with Gasteiger partial charge in [0.05, 0.1) is 0 Å². The van der Waals surface area contributed by atoms with Gasteiger partial charge in [-0.15, -0.1) is 0 Å². The van der Waals surface area contributed by atoms with Gasteiger partial charge in [0.2, 0.25) is 0 Å². The molecule has 1 aromatic rings. The van der Waals surface area contributed by atoms with E-state index < -0.39 is 5.67 Å². The molecule has 1 saturated heterocycles. The van der Waals surface area contributed by atoms with Gasteiger partial charge in [0, 0.05) is 6.54 Å². The largest absolute Gasteiger partial charge is 0.463 e. The molecule has 4 nitrogen and oxygen atoms in total. The molecule has 0 atom stereocenters. The van der Waals surface area contributed by atoms with Crippen LogP contribution in [-0.2, 0) is 16.1 Å². The van der Waals surface area contributed by atoms with E-state index in [1.807, 2.05) is 30.3 Å². The molecule has 1 aromatic carbocycles. The van der Waals surface area contributed by atoms with Gasteiger partial charge in [-0.2, -0.15) is 0 Å². The molecule has 1 aliphatic heterocycles. The van der Waals surface area contributed by atoms with Gasteiger partial charge in [0.1, 0.15) is 12.3 Å². The molecule has 0 aliphatic carbocycles. The van der Waals surface area contributed by atoms with E-state index in [1.54, 1.807) is 0 Å². The van der Waals surface area contributed by atoms with Crippen molar-refractivity contribution in [2.75, 3.05) is 19.6 Å². The zero-order valence-corrected chi connectivity index (χ0v) is 11.0. The summed E-state index contributed by atoms with van der Waals surface area (Å²) in [6.07, 6.45) is 1.15. The number of halogens is 1. The highest BCUT2D eigenvalue weighted by molar-refractivity contribution is 5.37. The molecule has 0 unspecified atom stereocenters. The second-order valence-corrected chi connectivity index (χ2v) is 4.50. The second kappa shape index (κ2) is 8.61. The van der Waals surface area contributed by atoms with E-state index >= 15 is 0 Å². The number of hydrogen-bond acceptors (Lipinski definition) is 4. The Morgan fingerprint density at radius 3 is 2.42 bits per heavy atom. The number of carbonyl (C=O) groups excluding carboxylic acids is 1. The predicted octanol–water partition coefficient (Wildman–Crippen LogP) is 1.40. The van der Waals surface area contributed by atoms with Crippen LogP contribution in [0.1, 0.15) is 18.4 Å². The summed E-state index contributed by atoms with van der Waals surface area (Å²) in [5, 5.41) is 3.08. The van der Waals surface area contributed by atoms with E-state index in [-0.39, 0.29) is 6.54 Å². The molecule has 0 aromatic heterocycles. The summed E-state index contributed by atoms with van der Waals surface area (Å²) >= 11 is 0. The Balaban J connectivity index is 0.000000191. The predicted molar refractivity (Wildman–Crippen MR) is 72.3 cm³/mol. The summed E-state index contributed by atoms with van der Waals surface area (Å²) in [6.45, 7) is 2.54. The van der Waals surface area contributed by atoms with Crippen molar-refractivity contribution >= 4 is 6.47 Å². The number of rotatable bonds is 4. The smallest absolute Gasteiger partial charge is 0.293 e. The number of benzene rings is 1. The Hall–Kier alpha value is -1.46. The van der Waals surface area contributed by atoms with Gasteiger partial charge < -0.3 is 15.8 Å². The maximum Gasteiger partial charge on any atom is 0.293 e. The quantitative estimate of drug-likeness (QED) is 0.810. The zero-order chi connectivity index (χ0) is 14.0. The third-order valence-corrected chi connectivity index (χ3v) is 3.03. The van der Waals surface area contributed by atoms with E-state index in [1.165, 1.54) is 0 Å². The summed E-state index contributed by atoms with van der Waals surface area (Å²) in [4.78, 5) is 9.76. The van der Waals surface area contributed by atoms with Crippen molar-refractivity contribution in [3.8, 4) is 0 Å². The summed E-state index contributed by atoms with van der Waals surface area (Å²) < 4.78 is 17.7. The average Bonchev–Trinajstić information content (AvgIpc) is 2.48. The third-order valence-electron chi connectivity index (χ3n) is 3.03. The monoisotopic (exact) mass is 268 g/mol. The van der Waals surface area contributed by atoms with E-state index in [4.69, 9.17) is 5.73 Å². The molecule has 1 aliphatic rings. The van der Waals surface area contributed by atoms with Gasteiger partial charge in [-0.3, -0.25) is 4.79 Å². The molecule has 3 N–H and O–H groups in total. The molecule has 19 heavy (non-hydrogen) atoms. The lowest BCUT2D eigenvalue weighted by Crippen LogP contribution is -2.43. The van der Waals surface area contributed by atoms with Crippen LogP contribution in [0.25, 0.3) is 0 Å². The molecule has 0 spiro atoms. The lowest BCUT2D eigenvalue weighted by molar-refractivity contribution is -0.129. The van der Waals surface area contributed by atoms with Crippen molar-refractivity contribution in [2.24, 2.45) is 5.73 Å². The van der Waals surface area contributed by atoms with Crippen LogP contribution in [0.3, 0.4) is 0 Å². The van der Waals surface area contributed by atoms with Crippen molar-refractivity contribution < 1.29 is 13.9 Å². The maximum absolute atomic E-state index is 13.1. The first kappa shape index (κ1) is 15.6. The Bertz CT molecular complexity index is 354. The molecule has 2 rings (SSSR count). The molecule has 0 amide bonds. The fraction of sp³-hybridized carbons (Fsp3) is 0.500. The van der Waals surface area contributed by atoms with E-state index in [9.17, 15) is 9.18 Å². The first-order valence-electron chi connectivity index (χ1n) is 6.39. The number of piperidine rings is 1. The number of hydrogen-bond donors (Lipinski definition) is 2. The van der Waals surface area contributed by atoms with Gasteiger partial charge in [-0.05, 0) is 31.5 Å². The van der Waals surface area contributed by atoms with Crippen molar-refractivity contribution in [3.63, 3.8) is 0 Å². The van der Waals surface area contributed by atoms with Crippen LogP contribution in [-0.4, -0.2) is 31.8 Å². The number of nitrogens with two attached hydrogens (primary N) is 1. The highest BCUT2D eigenvalue weighted by atomic mass is 19.1. The third kappa shape index (κ3) is 6.31. The summed E-state index contributed by atoms with van der Waals surface area (Å²) in [5.41, 5.74) is 5.18. The maximum atomic E-state index is 13.1. The summed E-state index contributed by atoms with van der Waals surface area (Å²) in [7, 11) is 0. The molecule has 0 saturated carbocycles. The molecular weight excluding hydrogens is 247 g/mol. The fourth-order valence-corrected chi connectivity index (χ4v) is 1.78. The van der Waals surface area contributed by atoms with Crippen LogP contribution in [0.2, 0.25) is 0 Å². The van der Waals surface area contributed by atoms with Gasteiger partial charge in [0.15, 0.2) is 0 Å². The minimum Gasteiger partial charge on any atom is -0.463 e. The number of carbonyl (C=O) groups is 1. The molecular formula is C14H21FN2O2. The highest BCUT2D eigenvalue weighted by Gasteiger charge is 2.29. The van der Waals surface area contributed by atoms with Crippen LogP contribution in [0.5, 0.6) is 0 Å². The molecule has 1 fully saturated rings. The first-order valence-corrected chi connectivity index (χ1v) is 6.39. The normalized spacial score (nSPS) is 16.9. The Labute approximate surface area is 113 Å². The van der Waals surface area contributed by atoms with Gasteiger partial charge >= 0.3 is 0 Å². The van der Waals surface area contributed by atoms with Crippen LogP contribution < -0.4 is 11.1 Å². The Kier molecular flexibility index (Phi) is 7.07. The topological polar surface area (TPSA) is 64.3 Å². The lowest BCUT2D eigenvalue weighted by Gasteiger charge is -2.28. The number of ether oxygens (including phenoxy) is 1. The molecule has 0 radical (unpaired) electrons. The minimum absolute atomic E-state index is 0.175. The second-order valence-electron chi connectivity index (χ2n) is 4.50. The van der Waals surface area contributed by atoms with Gasteiger partial charge in [-0.25, -0.2) is 4.39 Å². The van der Waals surface area contributed by atoms with Crippen LogP contribution in [0.15, 0.2) is 30.3 Å². The summed E-state index contributed by atoms with van der Waals surface area (Å²) in [6, 6.07) is 9.55. The molecule has 106 valence electrons. The number of nitrogens with one attached hydrogen (secondary N) is 1. The van der Waals surface area contributed by atoms with Crippen LogP contribution in [0.4, 0.5) is 4.39 Å². The molecule has 5 heteroatoms. The number of alkyl halides is 1. The van der Waals surface area contributed by atoms with Crippen molar-refractivity contribution in [1.29, 1.82) is 0 Å². The Morgan fingerprint density at radius 1 is 1.32 bits per heavy atom. The standard InChI is InChI=1S/C8H8O2.C6H13FN2/c9-7-10-6-8-4-2-1-3-5-8;7-6(5-8)1-3-9-4-2-6/h1-5,7H,6H2;9H,1-5,8H2. The first-order chi connectivity index (χ1) is 9.20.